The van der Waals surface area contributed by atoms with Gasteiger partial charge >= 0.3 is 0 Å². The van der Waals surface area contributed by atoms with E-state index in [1.807, 2.05) is 41.3 Å². The molecule has 3 heterocycles. The lowest BCUT2D eigenvalue weighted by Gasteiger charge is -2.08. The van der Waals surface area contributed by atoms with Gasteiger partial charge in [-0.2, -0.15) is 11.3 Å². The van der Waals surface area contributed by atoms with Crippen molar-refractivity contribution in [1.29, 1.82) is 0 Å². The molecule has 0 spiro atoms. The van der Waals surface area contributed by atoms with Crippen LogP contribution in [0.3, 0.4) is 0 Å². The summed E-state index contributed by atoms with van der Waals surface area (Å²) in [5.74, 6) is 0.987. The van der Waals surface area contributed by atoms with Crippen LogP contribution < -0.4 is 5.32 Å². The third-order valence-electron chi connectivity index (χ3n) is 3.17. The molecule has 6 heteroatoms. The number of hydrogen-bond acceptors (Lipinski definition) is 5. The number of carbonyl (C=O) groups excluding carboxylic acids is 1. The Kier molecular flexibility index (Phi) is 4.42. The summed E-state index contributed by atoms with van der Waals surface area (Å²) >= 11 is 2.98. The number of aliphatic hydroxyl groups is 1. The Morgan fingerprint density at radius 3 is 2.91 bits per heavy atom. The second-order valence-electron chi connectivity index (χ2n) is 4.93. The molecule has 1 unspecified atom stereocenters. The van der Waals surface area contributed by atoms with Gasteiger partial charge in [0.05, 0.1) is 11.4 Å². The molecule has 1 atom stereocenters. The van der Waals surface area contributed by atoms with Crippen LogP contribution in [-0.4, -0.2) is 17.6 Å². The zero-order valence-corrected chi connectivity index (χ0v) is 13.5. The first-order chi connectivity index (χ1) is 10.6. The van der Waals surface area contributed by atoms with Crippen molar-refractivity contribution in [3.8, 4) is 11.3 Å². The Morgan fingerprint density at radius 1 is 1.36 bits per heavy atom. The maximum atomic E-state index is 11.9. The van der Waals surface area contributed by atoms with Crippen molar-refractivity contribution >= 4 is 28.6 Å². The molecule has 1 amide bonds. The number of amides is 1. The van der Waals surface area contributed by atoms with Gasteiger partial charge in [-0.25, -0.2) is 0 Å². The van der Waals surface area contributed by atoms with Gasteiger partial charge in [0.2, 0.25) is 0 Å². The monoisotopic (exact) mass is 333 g/mol. The summed E-state index contributed by atoms with van der Waals surface area (Å²) in [7, 11) is 0. The van der Waals surface area contributed by atoms with Crippen molar-refractivity contribution in [2.75, 3.05) is 6.54 Å². The quantitative estimate of drug-likeness (QED) is 0.745. The van der Waals surface area contributed by atoms with Crippen molar-refractivity contribution in [3.05, 3.63) is 56.6 Å². The van der Waals surface area contributed by atoms with Crippen LogP contribution in [0.5, 0.6) is 0 Å². The van der Waals surface area contributed by atoms with Crippen LogP contribution in [-0.2, 0) is 0 Å². The van der Waals surface area contributed by atoms with Crippen molar-refractivity contribution in [2.24, 2.45) is 0 Å². The summed E-state index contributed by atoms with van der Waals surface area (Å²) < 4.78 is 5.64. The Hall–Kier alpha value is -1.89. The highest BCUT2D eigenvalue weighted by Crippen LogP contribution is 2.26. The topological polar surface area (TPSA) is 62.5 Å². The van der Waals surface area contributed by atoms with Crippen LogP contribution in [0.2, 0.25) is 0 Å². The third-order valence-corrected chi connectivity index (χ3v) is 4.90. The van der Waals surface area contributed by atoms with Gasteiger partial charge in [-0.3, -0.25) is 4.79 Å². The summed E-state index contributed by atoms with van der Waals surface area (Å²) in [6.07, 6.45) is -0.864. The van der Waals surface area contributed by atoms with E-state index in [0.29, 0.717) is 10.6 Å². The first-order valence-corrected chi connectivity index (χ1v) is 8.59. The average molecular weight is 333 g/mol. The number of furan rings is 1. The standard InChI is InChI=1S/C16H15NO3S2/c1-10-6-15(22-8-10)16(19)17-7-12(18)14-3-2-13(20-14)11-4-5-21-9-11/h2-6,8-9,12,18H,7H2,1H3,(H,17,19). The van der Waals surface area contributed by atoms with Crippen LogP contribution in [0.1, 0.15) is 27.1 Å². The molecule has 0 aliphatic heterocycles. The van der Waals surface area contributed by atoms with E-state index in [0.717, 1.165) is 16.9 Å². The van der Waals surface area contributed by atoms with E-state index < -0.39 is 6.10 Å². The summed E-state index contributed by atoms with van der Waals surface area (Å²) in [5, 5.41) is 18.7. The molecular weight excluding hydrogens is 318 g/mol. The zero-order valence-electron chi connectivity index (χ0n) is 11.9. The van der Waals surface area contributed by atoms with Crippen LogP contribution in [0.15, 0.2) is 44.8 Å². The summed E-state index contributed by atoms with van der Waals surface area (Å²) in [5.41, 5.74) is 2.05. The van der Waals surface area contributed by atoms with Crippen molar-refractivity contribution in [3.63, 3.8) is 0 Å². The number of thiophene rings is 2. The van der Waals surface area contributed by atoms with Crippen LogP contribution in [0.4, 0.5) is 0 Å². The maximum Gasteiger partial charge on any atom is 0.261 e. The average Bonchev–Trinajstić information content (AvgIpc) is 3.23. The summed E-state index contributed by atoms with van der Waals surface area (Å²) in [6, 6.07) is 7.35. The molecule has 0 saturated heterocycles. The minimum Gasteiger partial charge on any atom is -0.458 e. The SMILES string of the molecule is Cc1csc(C(=O)NCC(O)c2ccc(-c3ccsc3)o2)c1. The largest absolute Gasteiger partial charge is 0.458 e. The van der Waals surface area contributed by atoms with Crippen LogP contribution in [0, 0.1) is 6.92 Å². The third kappa shape index (κ3) is 3.30. The number of hydrogen-bond donors (Lipinski definition) is 2. The minimum atomic E-state index is -0.864. The Bertz CT molecular complexity index is 758. The number of carbonyl (C=O) groups is 1. The number of rotatable bonds is 5. The molecule has 0 aromatic carbocycles. The van der Waals surface area contributed by atoms with E-state index >= 15 is 0 Å². The number of aliphatic hydroxyl groups excluding tert-OH is 1. The molecule has 0 bridgehead atoms. The highest BCUT2D eigenvalue weighted by atomic mass is 32.1. The van der Waals surface area contributed by atoms with Crippen molar-refractivity contribution in [1.82, 2.24) is 5.32 Å². The summed E-state index contributed by atoms with van der Waals surface area (Å²) in [4.78, 5) is 12.6. The Balaban J connectivity index is 1.60. The molecule has 0 fully saturated rings. The van der Waals surface area contributed by atoms with E-state index in [2.05, 4.69) is 5.32 Å². The van der Waals surface area contributed by atoms with Gasteiger partial charge < -0.3 is 14.8 Å². The molecule has 3 rings (SSSR count). The molecule has 0 radical (unpaired) electrons. The Labute approximate surface area is 136 Å². The maximum absolute atomic E-state index is 11.9. The van der Waals surface area contributed by atoms with E-state index in [4.69, 9.17) is 4.42 Å². The highest BCUT2D eigenvalue weighted by Gasteiger charge is 2.16. The fraction of sp³-hybridized carbons (Fsp3) is 0.188. The van der Waals surface area contributed by atoms with Gasteiger partial charge in [-0.05, 0) is 47.5 Å². The van der Waals surface area contributed by atoms with Crippen molar-refractivity contribution < 1.29 is 14.3 Å². The van der Waals surface area contributed by atoms with Gasteiger partial charge in [-0.1, -0.05) is 0 Å². The normalized spacial score (nSPS) is 12.3. The van der Waals surface area contributed by atoms with E-state index in [9.17, 15) is 9.90 Å². The Morgan fingerprint density at radius 2 is 2.23 bits per heavy atom. The molecule has 3 aromatic rings. The lowest BCUT2D eigenvalue weighted by molar-refractivity contribution is 0.0905. The van der Waals surface area contributed by atoms with Crippen molar-refractivity contribution in [2.45, 2.75) is 13.0 Å². The van der Waals surface area contributed by atoms with Gasteiger partial charge in [0, 0.05) is 10.9 Å². The first-order valence-electron chi connectivity index (χ1n) is 6.77. The van der Waals surface area contributed by atoms with E-state index in [-0.39, 0.29) is 12.5 Å². The van der Waals surface area contributed by atoms with Gasteiger partial charge in [0.25, 0.3) is 5.91 Å². The van der Waals surface area contributed by atoms with Crippen LogP contribution >= 0.6 is 22.7 Å². The molecule has 0 aliphatic carbocycles. The van der Waals surface area contributed by atoms with E-state index in [1.165, 1.54) is 11.3 Å². The molecule has 0 aliphatic rings. The highest BCUT2D eigenvalue weighted by molar-refractivity contribution is 7.12. The van der Waals surface area contributed by atoms with Crippen LogP contribution in [0.25, 0.3) is 11.3 Å². The second-order valence-corrected chi connectivity index (χ2v) is 6.62. The first kappa shape index (κ1) is 15.0. The predicted octanol–water partition coefficient (Wildman–Crippen LogP) is 3.84. The molecule has 114 valence electrons. The van der Waals surface area contributed by atoms with Gasteiger partial charge in [-0.15, -0.1) is 11.3 Å². The molecule has 22 heavy (non-hydrogen) atoms. The lowest BCUT2D eigenvalue weighted by atomic mass is 10.2. The minimum absolute atomic E-state index is 0.117. The summed E-state index contributed by atoms with van der Waals surface area (Å²) in [6.45, 7) is 2.06. The zero-order chi connectivity index (χ0) is 15.5. The second kappa shape index (κ2) is 6.48. The lowest BCUT2D eigenvalue weighted by Crippen LogP contribution is -2.27. The van der Waals surface area contributed by atoms with Gasteiger partial charge in [0.1, 0.15) is 17.6 Å². The fourth-order valence-electron chi connectivity index (χ4n) is 2.02. The predicted molar refractivity (Wildman–Crippen MR) is 88.4 cm³/mol. The molecule has 4 nitrogen and oxygen atoms in total. The molecule has 2 N–H and O–H groups in total. The number of aryl methyl sites for hydroxylation is 1. The fourth-order valence-corrected chi connectivity index (χ4v) is 3.48. The molecule has 3 aromatic heterocycles. The van der Waals surface area contributed by atoms with Gasteiger partial charge in [0.15, 0.2) is 0 Å². The van der Waals surface area contributed by atoms with E-state index in [1.54, 1.807) is 17.4 Å². The molecular formula is C16H15NO3S2. The number of nitrogens with one attached hydrogen (secondary N) is 1. The smallest absolute Gasteiger partial charge is 0.261 e. The molecule has 0 saturated carbocycles.